The minimum absolute atomic E-state index is 0. The Morgan fingerprint density at radius 3 is 1.32 bits per heavy atom. The maximum Gasteiger partial charge on any atom is 0.336 e. The van der Waals surface area contributed by atoms with Gasteiger partial charge in [-0.25, -0.2) is 9.59 Å². The number of carbonyl (C=O) groups is 2. The first-order valence-corrected chi connectivity index (χ1v) is 6.00. The summed E-state index contributed by atoms with van der Waals surface area (Å²) < 4.78 is 0. The van der Waals surface area contributed by atoms with E-state index < -0.39 is 11.9 Å². The van der Waals surface area contributed by atoms with E-state index in [4.69, 9.17) is 0 Å². The molecule has 3 aromatic rings. The molecule has 3 rings (SSSR count). The van der Waals surface area contributed by atoms with Crippen molar-refractivity contribution in [3.63, 3.8) is 0 Å². The molecule has 6 heteroatoms. The topological polar surface area (TPSA) is 145 Å². The summed E-state index contributed by atoms with van der Waals surface area (Å²) in [6, 6.07) is 13.4. The van der Waals surface area contributed by atoms with Crippen LogP contribution in [0, 0.1) is 0 Å². The number of fused-ring (bicyclic) bond motifs is 3. The minimum atomic E-state index is -1.07. The van der Waals surface area contributed by atoms with E-state index in [1.165, 1.54) is 12.1 Å². The van der Waals surface area contributed by atoms with Crippen molar-refractivity contribution in [2.24, 2.45) is 0 Å². The van der Waals surface area contributed by atoms with Gasteiger partial charge in [0.25, 0.3) is 0 Å². The van der Waals surface area contributed by atoms with Crippen LogP contribution < -0.4 is 12.3 Å². The summed E-state index contributed by atoms with van der Waals surface area (Å²) in [5.74, 6) is -2.13. The Bertz CT molecular complexity index is 802. The molecule has 0 atom stereocenters. The fourth-order valence-electron chi connectivity index (χ4n) is 2.51. The Morgan fingerprint density at radius 1 is 0.636 bits per heavy atom. The van der Waals surface area contributed by atoms with E-state index >= 15 is 0 Å². The third-order valence-corrected chi connectivity index (χ3v) is 3.35. The van der Waals surface area contributed by atoms with E-state index in [9.17, 15) is 19.8 Å². The lowest BCUT2D eigenvalue weighted by Crippen LogP contribution is -2.01. The van der Waals surface area contributed by atoms with Crippen LogP contribution in [-0.2, 0) is 0 Å². The number of rotatable bonds is 2. The van der Waals surface area contributed by atoms with Gasteiger partial charge in [-0.3, -0.25) is 0 Å². The SMILES string of the molecule is N.N.O=C(O)c1cccc2ccc3cccc(C(=O)O)c3c12. The summed E-state index contributed by atoms with van der Waals surface area (Å²) in [6.07, 6.45) is 0. The second kappa shape index (κ2) is 6.21. The van der Waals surface area contributed by atoms with Crippen LogP contribution >= 0.6 is 0 Å². The van der Waals surface area contributed by atoms with Gasteiger partial charge in [-0.2, -0.15) is 0 Å². The highest BCUT2D eigenvalue weighted by atomic mass is 16.4. The molecule has 0 aliphatic carbocycles. The molecule has 0 amide bonds. The van der Waals surface area contributed by atoms with E-state index in [1.54, 1.807) is 36.4 Å². The molecular formula is C16H16N2O4. The summed E-state index contributed by atoms with van der Waals surface area (Å²) in [7, 11) is 0. The van der Waals surface area contributed by atoms with Crippen molar-refractivity contribution in [2.75, 3.05) is 0 Å². The zero-order valence-electron chi connectivity index (χ0n) is 11.7. The van der Waals surface area contributed by atoms with Gasteiger partial charge in [-0.15, -0.1) is 0 Å². The molecule has 0 saturated carbocycles. The second-order valence-corrected chi connectivity index (χ2v) is 4.48. The highest BCUT2D eigenvalue weighted by Crippen LogP contribution is 2.31. The highest BCUT2D eigenvalue weighted by molar-refractivity contribution is 6.21. The molecule has 0 fully saturated rings. The molecule has 0 heterocycles. The highest BCUT2D eigenvalue weighted by Gasteiger charge is 2.16. The Hall–Kier alpha value is -2.96. The van der Waals surface area contributed by atoms with Gasteiger partial charge in [0, 0.05) is 10.8 Å². The molecule has 0 aliphatic rings. The number of benzene rings is 3. The summed E-state index contributed by atoms with van der Waals surface area (Å²) >= 11 is 0. The van der Waals surface area contributed by atoms with Crippen LogP contribution in [0.15, 0.2) is 48.5 Å². The van der Waals surface area contributed by atoms with Crippen LogP contribution in [0.1, 0.15) is 20.7 Å². The fraction of sp³-hybridized carbons (Fsp3) is 0. The van der Waals surface area contributed by atoms with E-state index in [0.717, 1.165) is 0 Å². The van der Waals surface area contributed by atoms with Crippen molar-refractivity contribution in [2.45, 2.75) is 0 Å². The van der Waals surface area contributed by atoms with E-state index in [2.05, 4.69) is 0 Å². The first kappa shape index (κ1) is 17.1. The third kappa shape index (κ3) is 2.48. The van der Waals surface area contributed by atoms with Gasteiger partial charge in [0.1, 0.15) is 0 Å². The van der Waals surface area contributed by atoms with Crippen molar-refractivity contribution in [3.8, 4) is 0 Å². The van der Waals surface area contributed by atoms with E-state index in [1.807, 2.05) is 0 Å². The third-order valence-electron chi connectivity index (χ3n) is 3.35. The second-order valence-electron chi connectivity index (χ2n) is 4.48. The van der Waals surface area contributed by atoms with Crippen LogP contribution in [0.2, 0.25) is 0 Å². The first-order chi connectivity index (χ1) is 9.59. The maximum absolute atomic E-state index is 11.4. The van der Waals surface area contributed by atoms with Crippen LogP contribution in [0.25, 0.3) is 21.5 Å². The molecule has 3 aromatic carbocycles. The average Bonchev–Trinajstić information content (AvgIpc) is 2.45. The van der Waals surface area contributed by atoms with Gasteiger partial charge in [-0.1, -0.05) is 36.4 Å². The Morgan fingerprint density at radius 2 is 1.00 bits per heavy atom. The lowest BCUT2D eigenvalue weighted by Gasteiger charge is -2.09. The zero-order chi connectivity index (χ0) is 14.3. The molecule has 6 nitrogen and oxygen atoms in total. The molecule has 0 aliphatic heterocycles. The van der Waals surface area contributed by atoms with Gasteiger partial charge in [-0.05, 0) is 22.9 Å². The number of hydrogen-bond acceptors (Lipinski definition) is 4. The van der Waals surface area contributed by atoms with Crippen LogP contribution in [0.3, 0.4) is 0 Å². The largest absolute Gasteiger partial charge is 0.478 e. The summed E-state index contributed by atoms with van der Waals surface area (Å²) in [6.45, 7) is 0. The molecule has 0 spiro atoms. The predicted octanol–water partition coefficient (Wildman–Crippen LogP) is 3.71. The molecule has 22 heavy (non-hydrogen) atoms. The number of hydrogen-bond donors (Lipinski definition) is 4. The van der Waals surface area contributed by atoms with Crippen LogP contribution in [0.5, 0.6) is 0 Å². The molecule has 8 N–H and O–H groups in total. The van der Waals surface area contributed by atoms with Crippen molar-refractivity contribution >= 4 is 33.5 Å². The van der Waals surface area contributed by atoms with Crippen molar-refractivity contribution in [1.82, 2.24) is 12.3 Å². The predicted molar refractivity (Wildman–Crippen MR) is 85.4 cm³/mol. The Balaban J connectivity index is 0.00000121. The van der Waals surface area contributed by atoms with E-state index in [-0.39, 0.29) is 23.4 Å². The fourth-order valence-corrected chi connectivity index (χ4v) is 2.51. The zero-order valence-corrected chi connectivity index (χ0v) is 11.7. The van der Waals surface area contributed by atoms with Crippen molar-refractivity contribution in [3.05, 3.63) is 59.7 Å². The van der Waals surface area contributed by atoms with Gasteiger partial charge >= 0.3 is 11.9 Å². The maximum atomic E-state index is 11.4. The lowest BCUT2D eigenvalue weighted by molar-refractivity contribution is 0.0686. The van der Waals surface area contributed by atoms with Gasteiger partial charge in [0.2, 0.25) is 0 Å². The van der Waals surface area contributed by atoms with Crippen molar-refractivity contribution in [1.29, 1.82) is 0 Å². The molecule has 114 valence electrons. The number of carboxylic acids is 2. The van der Waals surface area contributed by atoms with Crippen LogP contribution in [-0.4, -0.2) is 22.2 Å². The van der Waals surface area contributed by atoms with Gasteiger partial charge in [0.05, 0.1) is 11.1 Å². The molecule has 0 aromatic heterocycles. The average molecular weight is 300 g/mol. The molecule has 0 radical (unpaired) electrons. The quantitative estimate of drug-likeness (QED) is 0.531. The summed E-state index contributed by atoms with van der Waals surface area (Å²) in [5.41, 5.74) is 0.226. The lowest BCUT2D eigenvalue weighted by atomic mass is 9.94. The normalized spacial score (nSPS) is 9.82. The van der Waals surface area contributed by atoms with Crippen LogP contribution in [0.4, 0.5) is 0 Å². The Kier molecular flexibility index (Phi) is 4.83. The number of aromatic carboxylic acids is 2. The number of carboxylic acid groups (broad SMARTS) is 2. The molecule has 0 bridgehead atoms. The van der Waals surface area contributed by atoms with Gasteiger partial charge in [0.15, 0.2) is 0 Å². The standard InChI is InChI=1S/C16H10O4.2H3N/c17-15(18)11-5-1-3-9-7-8-10-4-2-6-12(16(19)20)14(10)13(9)11;;/h1-8H,(H,17,18)(H,19,20);2*1H3. The smallest absolute Gasteiger partial charge is 0.336 e. The molecular weight excluding hydrogens is 284 g/mol. The minimum Gasteiger partial charge on any atom is -0.478 e. The van der Waals surface area contributed by atoms with Crippen molar-refractivity contribution < 1.29 is 19.8 Å². The summed E-state index contributed by atoms with van der Waals surface area (Å²) in [4.78, 5) is 22.8. The molecule has 0 saturated heterocycles. The first-order valence-electron chi connectivity index (χ1n) is 6.00. The Labute approximate surface area is 126 Å². The monoisotopic (exact) mass is 300 g/mol. The van der Waals surface area contributed by atoms with Gasteiger partial charge < -0.3 is 22.5 Å². The molecule has 0 unspecified atom stereocenters. The van der Waals surface area contributed by atoms with E-state index in [0.29, 0.717) is 21.5 Å². The summed E-state index contributed by atoms with van der Waals surface area (Å²) in [5, 5.41) is 21.0.